The first-order valence-electron chi connectivity index (χ1n) is 3.03. The van der Waals surface area contributed by atoms with Gasteiger partial charge in [0.15, 0.2) is 0 Å². The lowest BCUT2D eigenvalue weighted by Crippen LogP contribution is -2.02. The molecule has 0 aliphatic rings. The highest BCUT2D eigenvalue weighted by molar-refractivity contribution is 7.80. The van der Waals surface area contributed by atoms with Crippen molar-refractivity contribution in [2.45, 2.75) is 11.5 Å². The molecule has 1 aromatic carbocycles. The molecule has 0 spiro atoms. The second-order valence-corrected chi connectivity index (χ2v) is 2.92. The maximum absolute atomic E-state index is 11.7. The van der Waals surface area contributed by atoms with E-state index in [-0.39, 0.29) is 10.8 Å². The standard InChI is InChI=1S/C7H5ClF2OS/c8-5-2-1-4(12)3-6(5)11-7(9)10/h1-3,7,12H. The van der Waals surface area contributed by atoms with Gasteiger partial charge in [-0.15, -0.1) is 12.6 Å². The Balaban J connectivity index is 2.90. The molecule has 0 heterocycles. The Bertz CT molecular complexity index is 280. The zero-order valence-electron chi connectivity index (χ0n) is 5.80. The highest BCUT2D eigenvalue weighted by Crippen LogP contribution is 2.28. The van der Waals surface area contributed by atoms with Gasteiger partial charge in [0.1, 0.15) is 5.75 Å². The Morgan fingerprint density at radius 3 is 2.67 bits per heavy atom. The van der Waals surface area contributed by atoms with Crippen LogP contribution in [0.4, 0.5) is 8.78 Å². The summed E-state index contributed by atoms with van der Waals surface area (Å²) in [5.74, 6) is -0.0563. The fraction of sp³-hybridized carbons (Fsp3) is 0.143. The van der Waals surface area contributed by atoms with Crippen LogP contribution >= 0.6 is 24.2 Å². The van der Waals surface area contributed by atoms with Crippen molar-refractivity contribution in [3.8, 4) is 5.75 Å². The fourth-order valence-electron chi connectivity index (χ4n) is 0.678. The molecule has 0 radical (unpaired) electrons. The second kappa shape index (κ2) is 3.96. The quantitative estimate of drug-likeness (QED) is 0.738. The van der Waals surface area contributed by atoms with E-state index < -0.39 is 6.61 Å². The van der Waals surface area contributed by atoms with E-state index in [2.05, 4.69) is 17.4 Å². The lowest BCUT2D eigenvalue weighted by atomic mass is 10.3. The first kappa shape index (κ1) is 9.61. The molecular formula is C7H5ClF2OS. The zero-order valence-corrected chi connectivity index (χ0v) is 7.45. The number of ether oxygens (including phenoxy) is 1. The van der Waals surface area contributed by atoms with Gasteiger partial charge in [-0.05, 0) is 18.2 Å². The Kier molecular flexibility index (Phi) is 3.17. The van der Waals surface area contributed by atoms with Gasteiger partial charge in [-0.3, -0.25) is 0 Å². The summed E-state index contributed by atoms with van der Waals surface area (Å²) in [5.41, 5.74) is 0. The smallest absolute Gasteiger partial charge is 0.387 e. The summed E-state index contributed by atoms with van der Waals surface area (Å²) in [7, 11) is 0. The van der Waals surface area contributed by atoms with Crippen molar-refractivity contribution in [2.24, 2.45) is 0 Å². The van der Waals surface area contributed by atoms with E-state index >= 15 is 0 Å². The highest BCUT2D eigenvalue weighted by atomic mass is 35.5. The molecule has 0 amide bonds. The summed E-state index contributed by atoms with van der Waals surface area (Å²) in [6.45, 7) is -2.86. The Morgan fingerprint density at radius 2 is 2.08 bits per heavy atom. The Hall–Kier alpha value is -0.480. The normalized spacial score (nSPS) is 10.4. The largest absolute Gasteiger partial charge is 0.433 e. The molecule has 12 heavy (non-hydrogen) atoms. The minimum atomic E-state index is -2.86. The number of benzene rings is 1. The van der Waals surface area contributed by atoms with Crippen molar-refractivity contribution < 1.29 is 13.5 Å². The van der Waals surface area contributed by atoms with Crippen molar-refractivity contribution >= 4 is 24.2 Å². The minimum Gasteiger partial charge on any atom is -0.433 e. The van der Waals surface area contributed by atoms with Crippen molar-refractivity contribution in [1.29, 1.82) is 0 Å². The van der Waals surface area contributed by atoms with Crippen LogP contribution in [0, 0.1) is 0 Å². The summed E-state index contributed by atoms with van der Waals surface area (Å²) in [6.07, 6.45) is 0. The Morgan fingerprint density at radius 1 is 1.42 bits per heavy atom. The third kappa shape index (κ3) is 2.53. The molecule has 1 rings (SSSR count). The molecule has 1 nitrogen and oxygen atoms in total. The van der Waals surface area contributed by atoms with Gasteiger partial charge >= 0.3 is 6.61 Å². The van der Waals surface area contributed by atoms with Gasteiger partial charge in [0.2, 0.25) is 0 Å². The summed E-state index contributed by atoms with van der Waals surface area (Å²) >= 11 is 9.49. The third-order valence-electron chi connectivity index (χ3n) is 1.13. The van der Waals surface area contributed by atoms with Crippen molar-refractivity contribution in [3.63, 3.8) is 0 Å². The lowest BCUT2D eigenvalue weighted by molar-refractivity contribution is -0.0499. The van der Waals surface area contributed by atoms with E-state index in [9.17, 15) is 8.78 Å². The van der Waals surface area contributed by atoms with Crippen LogP contribution in [0.1, 0.15) is 0 Å². The molecule has 0 aromatic heterocycles. The average Bonchev–Trinajstić information content (AvgIpc) is 1.96. The molecular weight excluding hydrogens is 206 g/mol. The molecule has 0 N–H and O–H groups in total. The topological polar surface area (TPSA) is 9.23 Å². The second-order valence-electron chi connectivity index (χ2n) is 1.99. The molecule has 5 heteroatoms. The van der Waals surface area contributed by atoms with E-state index in [1.165, 1.54) is 12.1 Å². The molecule has 0 aliphatic carbocycles. The van der Waals surface area contributed by atoms with Crippen LogP contribution in [0.5, 0.6) is 5.75 Å². The van der Waals surface area contributed by atoms with E-state index in [1.54, 1.807) is 6.07 Å². The summed E-state index contributed by atoms with van der Waals surface area (Å²) in [5, 5.41) is 0.146. The Labute approximate surface area is 78.7 Å². The zero-order chi connectivity index (χ0) is 9.14. The SMILES string of the molecule is FC(F)Oc1cc(S)ccc1Cl. The van der Waals surface area contributed by atoms with Gasteiger partial charge in [-0.25, -0.2) is 0 Å². The number of alkyl halides is 2. The van der Waals surface area contributed by atoms with Gasteiger partial charge in [-0.2, -0.15) is 8.78 Å². The number of rotatable bonds is 2. The van der Waals surface area contributed by atoms with E-state index in [4.69, 9.17) is 11.6 Å². The van der Waals surface area contributed by atoms with E-state index in [1.807, 2.05) is 0 Å². The lowest BCUT2D eigenvalue weighted by Gasteiger charge is -2.06. The van der Waals surface area contributed by atoms with Crippen LogP contribution in [0.25, 0.3) is 0 Å². The molecule has 0 saturated heterocycles. The molecule has 0 atom stereocenters. The molecule has 0 saturated carbocycles. The van der Waals surface area contributed by atoms with Gasteiger partial charge in [0, 0.05) is 4.90 Å². The number of thiol groups is 1. The highest BCUT2D eigenvalue weighted by Gasteiger charge is 2.07. The van der Waals surface area contributed by atoms with Crippen LogP contribution in [-0.2, 0) is 0 Å². The summed E-state index contributed by atoms with van der Waals surface area (Å²) < 4.78 is 27.6. The van der Waals surface area contributed by atoms with Gasteiger partial charge < -0.3 is 4.74 Å². The summed E-state index contributed by atoms with van der Waals surface area (Å²) in [4.78, 5) is 0.523. The van der Waals surface area contributed by atoms with Gasteiger partial charge in [-0.1, -0.05) is 11.6 Å². The number of hydrogen-bond donors (Lipinski definition) is 1. The maximum atomic E-state index is 11.7. The predicted octanol–water partition coefficient (Wildman–Crippen LogP) is 3.23. The van der Waals surface area contributed by atoms with Gasteiger partial charge in [0.25, 0.3) is 0 Å². The molecule has 66 valence electrons. The van der Waals surface area contributed by atoms with Crippen LogP contribution in [0.2, 0.25) is 5.02 Å². The van der Waals surface area contributed by atoms with E-state index in [0.29, 0.717) is 4.90 Å². The minimum absolute atomic E-state index is 0.0563. The van der Waals surface area contributed by atoms with Crippen LogP contribution in [0.3, 0.4) is 0 Å². The number of halogens is 3. The van der Waals surface area contributed by atoms with Crippen molar-refractivity contribution in [1.82, 2.24) is 0 Å². The third-order valence-corrected chi connectivity index (χ3v) is 1.72. The van der Waals surface area contributed by atoms with Crippen LogP contribution in [-0.4, -0.2) is 6.61 Å². The molecule has 1 aromatic rings. The molecule has 0 unspecified atom stereocenters. The van der Waals surface area contributed by atoms with Gasteiger partial charge in [0.05, 0.1) is 5.02 Å². The van der Waals surface area contributed by atoms with Crippen LogP contribution < -0.4 is 4.74 Å². The molecule has 0 bridgehead atoms. The maximum Gasteiger partial charge on any atom is 0.387 e. The van der Waals surface area contributed by atoms with Crippen LogP contribution in [0.15, 0.2) is 23.1 Å². The first-order chi connectivity index (χ1) is 5.59. The van der Waals surface area contributed by atoms with Crippen molar-refractivity contribution in [2.75, 3.05) is 0 Å². The molecule has 0 aliphatic heterocycles. The number of hydrogen-bond acceptors (Lipinski definition) is 2. The average molecular weight is 211 g/mol. The fourth-order valence-corrected chi connectivity index (χ4v) is 1.03. The monoisotopic (exact) mass is 210 g/mol. The summed E-state index contributed by atoms with van der Waals surface area (Å²) in [6, 6.07) is 4.36. The van der Waals surface area contributed by atoms with E-state index in [0.717, 1.165) is 0 Å². The van der Waals surface area contributed by atoms with Crippen molar-refractivity contribution in [3.05, 3.63) is 23.2 Å². The molecule has 0 fully saturated rings. The first-order valence-corrected chi connectivity index (χ1v) is 3.85. The predicted molar refractivity (Wildman–Crippen MR) is 45.3 cm³/mol.